The van der Waals surface area contributed by atoms with E-state index in [1.54, 1.807) is 4.90 Å². The van der Waals surface area contributed by atoms with Gasteiger partial charge in [0.2, 0.25) is 5.91 Å². The smallest absolute Gasteiger partial charge is 0.326 e. The zero-order chi connectivity index (χ0) is 14.9. The second kappa shape index (κ2) is 3.97. The lowest BCUT2D eigenvalue weighted by Gasteiger charge is -2.40. The molecule has 3 rings (SSSR count). The number of piperidine rings is 1. The average Bonchev–Trinajstić information content (AvgIpc) is 2.85. The van der Waals surface area contributed by atoms with Gasteiger partial charge in [-0.2, -0.15) is 0 Å². The highest BCUT2D eigenvalue weighted by atomic mass is 16.4. The van der Waals surface area contributed by atoms with Crippen LogP contribution in [0.5, 0.6) is 0 Å². The summed E-state index contributed by atoms with van der Waals surface area (Å²) in [5, 5.41) is 9.56. The number of likely N-dealkylation sites (tertiary alicyclic amines) is 1. The van der Waals surface area contributed by atoms with Gasteiger partial charge in [-0.05, 0) is 42.4 Å². The van der Waals surface area contributed by atoms with Crippen molar-refractivity contribution in [2.24, 2.45) is 22.5 Å². The number of carboxylic acids is 1. The Morgan fingerprint density at radius 3 is 2.40 bits per heavy atom. The molecule has 0 aromatic heterocycles. The highest BCUT2D eigenvalue weighted by Crippen LogP contribution is 2.67. The number of nitrogens with zero attached hydrogens (tertiary/aromatic N) is 1. The molecule has 1 amide bonds. The van der Waals surface area contributed by atoms with Gasteiger partial charge in [0.25, 0.3) is 0 Å². The molecule has 0 radical (unpaired) electrons. The average molecular weight is 280 g/mol. The molecule has 1 aliphatic heterocycles. The maximum atomic E-state index is 12.7. The molecule has 0 aromatic carbocycles. The summed E-state index contributed by atoms with van der Waals surface area (Å²) in [6.07, 6.45) is 4.08. The van der Waals surface area contributed by atoms with Crippen LogP contribution in [0.15, 0.2) is 0 Å². The number of carbonyl (C=O) groups excluding carboxylic acids is 1. The second-order valence-corrected chi connectivity index (χ2v) is 7.93. The second-order valence-electron chi connectivity index (χ2n) is 7.93. The predicted molar refractivity (Wildman–Crippen MR) is 73.9 cm³/mol. The molecule has 1 saturated heterocycles. The first-order valence-electron chi connectivity index (χ1n) is 7.48. The minimum atomic E-state index is -0.863. The summed E-state index contributed by atoms with van der Waals surface area (Å²) in [7, 11) is 0. The lowest BCUT2D eigenvalue weighted by molar-refractivity contribution is -0.155. The van der Waals surface area contributed by atoms with Gasteiger partial charge in [-0.25, -0.2) is 4.79 Å². The van der Waals surface area contributed by atoms with Gasteiger partial charge in [0.15, 0.2) is 0 Å². The van der Waals surface area contributed by atoms with E-state index < -0.39 is 18.1 Å². The normalized spacial score (nSPS) is 35.4. The van der Waals surface area contributed by atoms with Crippen LogP contribution in [-0.2, 0) is 9.59 Å². The van der Waals surface area contributed by atoms with Crippen molar-refractivity contribution >= 4 is 11.9 Å². The molecule has 20 heavy (non-hydrogen) atoms. The maximum Gasteiger partial charge on any atom is 0.326 e. The fourth-order valence-corrected chi connectivity index (χ4v) is 4.22. The Balaban J connectivity index is 1.86. The number of carbonyl (C=O) groups is 2. The molecular weight excluding hydrogens is 256 g/mol. The summed E-state index contributed by atoms with van der Waals surface area (Å²) in [6.45, 7) is 5.76. The van der Waals surface area contributed by atoms with Crippen LogP contribution >= 0.6 is 0 Å². The SMILES string of the molecule is CC(C)(C)[C@H](N)C(=O)N1[C@H]2C[C@@H]([C@H]1C(=O)O)C1(CC1)C2. The zero-order valence-electron chi connectivity index (χ0n) is 12.4. The number of fused-ring (bicyclic) bond motifs is 3. The van der Waals surface area contributed by atoms with E-state index in [2.05, 4.69) is 0 Å². The number of rotatable bonds is 2. The summed E-state index contributed by atoms with van der Waals surface area (Å²) in [4.78, 5) is 25.9. The fraction of sp³-hybridized carbons (Fsp3) is 0.867. The number of hydrogen-bond donors (Lipinski definition) is 2. The molecule has 3 aliphatic rings. The van der Waals surface area contributed by atoms with Crippen molar-refractivity contribution in [1.82, 2.24) is 4.90 Å². The molecule has 4 atom stereocenters. The molecule has 0 unspecified atom stereocenters. The van der Waals surface area contributed by atoms with Gasteiger partial charge in [0, 0.05) is 6.04 Å². The molecule has 5 heteroatoms. The molecule has 3 N–H and O–H groups in total. The van der Waals surface area contributed by atoms with E-state index in [4.69, 9.17) is 5.73 Å². The molecule has 0 aromatic rings. The Morgan fingerprint density at radius 1 is 1.35 bits per heavy atom. The van der Waals surface area contributed by atoms with E-state index in [1.807, 2.05) is 20.8 Å². The molecule has 2 aliphatic carbocycles. The standard InChI is InChI=1S/C15H24N2O3/c1-14(2,3)11(16)12(18)17-8-6-9(10(17)13(19)20)15(7-8)4-5-15/h8-11H,4-7,16H2,1-3H3,(H,19,20)/t8-,9-,10-,11+/m0/s1. The van der Waals surface area contributed by atoms with E-state index in [0.717, 1.165) is 25.7 Å². The van der Waals surface area contributed by atoms with Crippen molar-refractivity contribution in [2.75, 3.05) is 0 Å². The zero-order valence-corrected chi connectivity index (χ0v) is 12.4. The minimum Gasteiger partial charge on any atom is -0.480 e. The van der Waals surface area contributed by atoms with E-state index in [1.165, 1.54) is 0 Å². The fourth-order valence-electron chi connectivity index (χ4n) is 4.22. The summed E-state index contributed by atoms with van der Waals surface area (Å²) < 4.78 is 0. The first-order chi connectivity index (χ1) is 9.17. The van der Waals surface area contributed by atoms with Crippen molar-refractivity contribution in [2.45, 2.75) is 64.6 Å². The van der Waals surface area contributed by atoms with Crippen LogP contribution in [0.25, 0.3) is 0 Å². The van der Waals surface area contributed by atoms with Gasteiger partial charge in [-0.15, -0.1) is 0 Å². The van der Waals surface area contributed by atoms with E-state index in [-0.39, 0.29) is 28.7 Å². The number of amides is 1. The van der Waals surface area contributed by atoms with Crippen molar-refractivity contribution in [3.63, 3.8) is 0 Å². The summed E-state index contributed by atoms with van der Waals surface area (Å²) >= 11 is 0. The van der Waals surface area contributed by atoms with Crippen LogP contribution in [0.2, 0.25) is 0 Å². The van der Waals surface area contributed by atoms with Gasteiger partial charge in [0.1, 0.15) is 6.04 Å². The monoisotopic (exact) mass is 280 g/mol. The van der Waals surface area contributed by atoms with E-state index in [0.29, 0.717) is 0 Å². The Labute approximate surface area is 119 Å². The number of hydrogen-bond acceptors (Lipinski definition) is 3. The number of nitrogens with two attached hydrogens (primary N) is 1. The first-order valence-corrected chi connectivity index (χ1v) is 7.48. The highest BCUT2D eigenvalue weighted by Gasteiger charge is 2.67. The molecule has 2 saturated carbocycles. The molecule has 5 nitrogen and oxygen atoms in total. The van der Waals surface area contributed by atoms with E-state index >= 15 is 0 Å². The van der Waals surface area contributed by atoms with Crippen LogP contribution in [0.4, 0.5) is 0 Å². The third-order valence-electron chi connectivity index (χ3n) is 5.63. The lowest BCUT2D eigenvalue weighted by atomic mass is 9.82. The van der Waals surface area contributed by atoms with Gasteiger partial charge in [-0.3, -0.25) is 4.79 Å². The summed E-state index contributed by atoms with van der Waals surface area (Å²) in [5.74, 6) is -0.910. The summed E-state index contributed by atoms with van der Waals surface area (Å²) in [5.41, 5.74) is 5.95. The number of aliphatic carboxylic acids is 1. The Morgan fingerprint density at radius 2 is 1.95 bits per heavy atom. The summed E-state index contributed by atoms with van der Waals surface area (Å²) in [6, 6.07) is -1.21. The van der Waals surface area contributed by atoms with Crippen LogP contribution < -0.4 is 5.73 Å². The molecule has 1 spiro atoms. The topological polar surface area (TPSA) is 83.6 Å². The molecule has 3 fully saturated rings. The third kappa shape index (κ3) is 1.79. The molecule has 1 heterocycles. The Bertz CT molecular complexity index is 464. The van der Waals surface area contributed by atoms with Crippen molar-refractivity contribution in [3.05, 3.63) is 0 Å². The highest BCUT2D eigenvalue weighted by molar-refractivity contribution is 5.89. The van der Waals surface area contributed by atoms with Gasteiger partial charge < -0.3 is 15.7 Å². The van der Waals surface area contributed by atoms with Gasteiger partial charge >= 0.3 is 5.97 Å². The predicted octanol–water partition coefficient (Wildman–Crippen LogP) is 1.21. The van der Waals surface area contributed by atoms with Crippen molar-refractivity contribution in [1.29, 1.82) is 0 Å². The Hall–Kier alpha value is -1.10. The van der Waals surface area contributed by atoms with Crippen LogP contribution in [-0.4, -0.2) is 40.0 Å². The van der Waals surface area contributed by atoms with Crippen LogP contribution in [0.1, 0.15) is 46.5 Å². The quantitative estimate of drug-likeness (QED) is 0.796. The molecule has 112 valence electrons. The van der Waals surface area contributed by atoms with Crippen LogP contribution in [0.3, 0.4) is 0 Å². The lowest BCUT2D eigenvalue weighted by Crippen LogP contribution is -2.58. The number of carboxylic acid groups (broad SMARTS) is 1. The van der Waals surface area contributed by atoms with Gasteiger partial charge in [0.05, 0.1) is 6.04 Å². The van der Waals surface area contributed by atoms with Crippen molar-refractivity contribution < 1.29 is 14.7 Å². The van der Waals surface area contributed by atoms with Crippen molar-refractivity contribution in [3.8, 4) is 0 Å². The maximum absolute atomic E-state index is 12.7. The minimum absolute atomic E-state index is 0.0875. The first kappa shape index (κ1) is 13.9. The third-order valence-corrected chi connectivity index (χ3v) is 5.63. The Kier molecular flexibility index (Phi) is 2.75. The largest absolute Gasteiger partial charge is 0.480 e. The van der Waals surface area contributed by atoms with E-state index in [9.17, 15) is 14.7 Å². The molecular formula is C15H24N2O3. The molecule has 2 bridgehead atoms. The van der Waals surface area contributed by atoms with Crippen LogP contribution in [0, 0.1) is 16.7 Å². The van der Waals surface area contributed by atoms with Gasteiger partial charge in [-0.1, -0.05) is 20.8 Å².